The van der Waals surface area contributed by atoms with Gasteiger partial charge in [-0.1, -0.05) is 24.9 Å². The maximum absolute atomic E-state index is 12.0. The van der Waals surface area contributed by atoms with Gasteiger partial charge >= 0.3 is 12.1 Å². The summed E-state index contributed by atoms with van der Waals surface area (Å²) >= 11 is 5.12. The largest absolute Gasteiger partial charge is 0.460 e. The Morgan fingerprint density at radius 1 is 1.48 bits per heavy atom. The van der Waals surface area contributed by atoms with Gasteiger partial charge in [-0.3, -0.25) is 14.5 Å². The van der Waals surface area contributed by atoms with E-state index in [0.717, 1.165) is 0 Å². The van der Waals surface area contributed by atoms with Gasteiger partial charge in [0.05, 0.1) is 6.04 Å². The summed E-state index contributed by atoms with van der Waals surface area (Å²) in [5, 5.41) is 2.51. The van der Waals surface area contributed by atoms with E-state index in [-0.39, 0.29) is 36.9 Å². The summed E-state index contributed by atoms with van der Waals surface area (Å²) in [4.78, 5) is 36.8. The molecule has 1 rings (SSSR count). The second kappa shape index (κ2) is 8.05. The van der Waals surface area contributed by atoms with Gasteiger partial charge < -0.3 is 14.8 Å². The molecule has 2 amide bonds. The highest BCUT2D eigenvalue weighted by molar-refractivity contribution is 7.80. The zero-order valence-electron chi connectivity index (χ0n) is 13.6. The maximum atomic E-state index is 12.0. The van der Waals surface area contributed by atoms with E-state index < -0.39 is 23.7 Å². The van der Waals surface area contributed by atoms with Crippen LogP contribution in [0, 0.1) is 0 Å². The minimum absolute atomic E-state index is 0.0303. The van der Waals surface area contributed by atoms with Crippen LogP contribution in [0.4, 0.5) is 4.79 Å². The van der Waals surface area contributed by atoms with Crippen LogP contribution in [0.15, 0.2) is 12.7 Å². The number of carbonyl (C=O) groups excluding carboxylic acids is 3. The van der Waals surface area contributed by atoms with E-state index in [1.54, 1.807) is 20.8 Å². The summed E-state index contributed by atoms with van der Waals surface area (Å²) < 4.78 is 10.2. The smallest absolute Gasteiger partial charge is 0.411 e. The first-order valence-electron chi connectivity index (χ1n) is 7.24. The summed E-state index contributed by atoms with van der Waals surface area (Å²) in [5.41, 5.74) is -0.582. The fourth-order valence-electron chi connectivity index (χ4n) is 2.01. The zero-order valence-corrected chi connectivity index (χ0v) is 14.4. The lowest BCUT2D eigenvalue weighted by Gasteiger charge is -2.35. The molecular formula is C15H22N2O5S. The third-order valence-electron chi connectivity index (χ3n) is 2.86. The van der Waals surface area contributed by atoms with Crippen molar-refractivity contribution in [1.82, 2.24) is 10.2 Å². The molecule has 1 heterocycles. The Hall–Kier alpha value is -1.96. The molecular weight excluding hydrogens is 320 g/mol. The van der Waals surface area contributed by atoms with Crippen LogP contribution in [-0.4, -0.2) is 52.7 Å². The van der Waals surface area contributed by atoms with Crippen LogP contribution in [-0.2, 0) is 19.1 Å². The number of hydrogen-bond acceptors (Lipinski definition) is 6. The first-order valence-corrected chi connectivity index (χ1v) is 7.64. The molecule has 7 nitrogen and oxygen atoms in total. The predicted molar refractivity (Wildman–Crippen MR) is 87.9 cm³/mol. The van der Waals surface area contributed by atoms with E-state index in [1.165, 1.54) is 11.0 Å². The highest BCUT2D eigenvalue weighted by atomic mass is 32.1. The van der Waals surface area contributed by atoms with Crippen LogP contribution >= 0.6 is 12.2 Å². The number of nitrogens with zero attached hydrogens (tertiary/aromatic N) is 1. The van der Waals surface area contributed by atoms with Crippen molar-refractivity contribution in [3.05, 3.63) is 12.7 Å². The van der Waals surface area contributed by atoms with Gasteiger partial charge in [-0.15, -0.1) is 0 Å². The molecule has 0 aromatic heterocycles. The van der Waals surface area contributed by atoms with Crippen LogP contribution in [0.3, 0.4) is 0 Å². The summed E-state index contributed by atoms with van der Waals surface area (Å²) in [6.45, 7) is 8.64. The average molecular weight is 342 g/mol. The van der Waals surface area contributed by atoms with E-state index >= 15 is 0 Å². The highest BCUT2D eigenvalue weighted by Crippen LogP contribution is 2.16. The van der Waals surface area contributed by atoms with Crippen LogP contribution in [0.2, 0.25) is 0 Å². The van der Waals surface area contributed by atoms with Crippen molar-refractivity contribution in [1.29, 1.82) is 0 Å². The molecule has 128 valence electrons. The fourth-order valence-corrected chi connectivity index (χ4v) is 2.36. The van der Waals surface area contributed by atoms with Crippen LogP contribution in [0.1, 0.15) is 33.6 Å². The Kier molecular flexibility index (Phi) is 6.68. The molecule has 1 N–H and O–H groups in total. The summed E-state index contributed by atoms with van der Waals surface area (Å²) in [7, 11) is 0. The van der Waals surface area contributed by atoms with Gasteiger partial charge in [-0.05, 0) is 27.2 Å². The second-order valence-electron chi connectivity index (χ2n) is 6.05. The van der Waals surface area contributed by atoms with E-state index in [2.05, 4.69) is 11.9 Å². The number of ether oxygens (including phenoxy) is 2. The third-order valence-corrected chi connectivity index (χ3v) is 3.23. The van der Waals surface area contributed by atoms with Crippen LogP contribution < -0.4 is 5.32 Å². The number of thiocarbonyl (C=S) groups is 1. The lowest BCUT2D eigenvalue weighted by atomic mass is 10.1. The quantitative estimate of drug-likeness (QED) is 0.464. The Balaban J connectivity index is 2.72. The number of hydrogen-bond donors (Lipinski definition) is 1. The number of amides is 2. The van der Waals surface area contributed by atoms with Crippen LogP contribution in [0.5, 0.6) is 0 Å². The molecule has 1 atom stereocenters. The second-order valence-corrected chi connectivity index (χ2v) is 6.49. The summed E-state index contributed by atoms with van der Waals surface area (Å²) in [5.74, 6) is -0.782. The fraction of sp³-hybridized carbons (Fsp3) is 0.600. The highest BCUT2D eigenvalue weighted by Gasteiger charge is 2.35. The van der Waals surface area contributed by atoms with Crippen molar-refractivity contribution in [2.75, 3.05) is 13.2 Å². The van der Waals surface area contributed by atoms with Crippen molar-refractivity contribution < 1.29 is 23.9 Å². The number of rotatable bonds is 5. The zero-order chi connectivity index (χ0) is 17.6. The molecule has 0 aromatic rings. The Bertz CT molecular complexity index is 512. The number of piperazine rings is 1. The monoisotopic (exact) mass is 342 g/mol. The minimum Gasteiger partial charge on any atom is -0.460 e. The molecule has 1 saturated heterocycles. The molecule has 0 aromatic carbocycles. The standard InChI is InChI=1S/C15H22N2O5S/c1-5-8-21-14(20)17-9-11(18)16-13(23)10(17)6-7-12(19)22-15(2,3)4/h5,10H,1,6-9H2,2-4H3,(H,16,18,23)/t10-/m0/s1. The molecule has 8 heteroatoms. The molecule has 23 heavy (non-hydrogen) atoms. The normalized spacial score (nSPS) is 18.2. The minimum atomic E-state index is -0.670. The van der Waals surface area contributed by atoms with E-state index in [9.17, 15) is 14.4 Å². The molecule has 0 spiro atoms. The molecule has 1 fully saturated rings. The van der Waals surface area contributed by atoms with Gasteiger partial charge in [0, 0.05) is 6.42 Å². The van der Waals surface area contributed by atoms with Gasteiger partial charge in [0.15, 0.2) is 0 Å². The molecule has 0 aliphatic carbocycles. The predicted octanol–water partition coefficient (Wildman–Crippen LogP) is 1.56. The Morgan fingerprint density at radius 3 is 2.70 bits per heavy atom. The lowest BCUT2D eigenvalue weighted by molar-refractivity contribution is -0.155. The lowest BCUT2D eigenvalue weighted by Crippen LogP contribution is -2.59. The molecule has 0 bridgehead atoms. The summed E-state index contributed by atoms with van der Waals surface area (Å²) in [6, 6.07) is -0.590. The number of esters is 1. The van der Waals surface area contributed by atoms with E-state index in [4.69, 9.17) is 21.7 Å². The number of nitrogens with one attached hydrogen (secondary N) is 1. The van der Waals surface area contributed by atoms with Crippen molar-refractivity contribution in [2.45, 2.75) is 45.3 Å². The maximum Gasteiger partial charge on any atom is 0.411 e. The first kappa shape index (κ1) is 19.1. The van der Waals surface area contributed by atoms with Gasteiger partial charge in [0.1, 0.15) is 23.7 Å². The van der Waals surface area contributed by atoms with Crippen molar-refractivity contribution in [2.24, 2.45) is 0 Å². The summed E-state index contributed by atoms with van der Waals surface area (Å²) in [6.07, 6.45) is 1.08. The average Bonchev–Trinajstić information content (AvgIpc) is 2.41. The van der Waals surface area contributed by atoms with Crippen molar-refractivity contribution >= 4 is 35.2 Å². The first-order chi connectivity index (χ1) is 10.6. The van der Waals surface area contributed by atoms with Gasteiger partial charge in [0.25, 0.3) is 0 Å². The van der Waals surface area contributed by atoms with E-state index in [1.807, 2.05) is 0 Å². The van der Waals surface area contributed by atoms with Gasteiger partial charge in [-0.25, -0.2) is 4.79 Å². The molecule has 0 saturated carbocycles. The SMILES string of the molecule is C=CCOC(=O)N1CC(=O)NC(=S)[C@@H]1CCC(=O)OC(C)(C)C. The van der Waals surface area contributed by atoms with Crippen LogP contribution in [0.25, 0.3) is 0 Å². The Labute approximate surface area is 141 Å². The third kappa shape index (κ3) is 6.35. The van der Waals surface area contributed by atoms with Crippen molar-refractivity contribution in [3.63, 3.8) is 0 Å². The van der Waals surface area contributed by atoms with Crippen molar-refractivity contribution in [3.8, 4) is 0 Å². The Morgan fingerprint density at radius 2 is 2.13 bits per heavy atom. The molecule has 0 unspecified atom stereocenters. The van der Waals surface area contributed by atoms with Gasteiger partial charge in [0.2, 0.25) is 5.91 Å². The topological polar surface area (TPSA) is 84.9 Å². The van der Waals surface area contributed by atoms with Gasteiger partial charge in [-0.2, -0.15) is 0 Å². The molecule has 1 aliphatic rings. The molecule has 0 radical (unpaired) electrons. The number of carbonyl (C=O) groups is 3. The van der Waals surface area contributed by atoms with E-state index in [0.29, 0.717) is 0 Å². The molecule has 1 aliphatic heterocycles.